The highest BCUT2D eigenvalue weighted by Crippen LogP contribution is 2.29. The molecular formula is C9H24O2Si2. The van der Waals surface area contributed by atoms with Crippen LogP contribution in [0, 0.1) is 0 Å². The standard InChI is InChI=1S/C9H24O2Si2/c1-8-9(2,13(6,7)10)11-12(3,4)5/h10H,8H2,1-7H3/t9-/m1/s1. The summed E-state index contributed by atoms with van der Waals surface area (Å²) < 4.78 is 6.09. The fourth-order valence-corrected chi connectivity index (χ4v) is 5.58. The van der Waals surface area contributed by atoms with Gasteiger partial charge in [-0.05, 0) is 46.1 Å². The zero-order valence-electron chi connectivity index (χ0n) is 10.1. The molecule has 0 saturated carbocycles. The van der Waals surface area contributed by atoms with Gasteiger partial charge in [0.25, 0.3) is 0 Å². The molecule has 0 aliphatic carbocycles. The molecule has 80 valence electrons. The molecule has 0 unspecified atom stereocenters. The van der Waals surface area contributed by atoms with Crippen molar-refractivity contribution < 1.29 is 9.22 Å². The van der Waals surface area contributed by atoms with Crippen LogP contribution in [0.5, 0.6) is 0 Å². The molecule has 0 radical (unpaired) electrons. The van der Waals surface area contributed by atoms with Crippen LogP contribution in [-0.4, -0.2) is 26.7 Å². The zero-order valence-corrected chi connectivity index (χ0v) is 12.1. The maximum absolute atomic E-state index is 10.1. The van der Waals surface area contributed by atoms with E-state index >= 15 is 0 Å². The average molecular weight is 220 g/mol. The van der Waals surface area contributed by atoms with Crippen molar-refractivity contribution >= 4 is 16.6 Å². The third kappa shape index (κ3) is 3.93. The lowest BCUT2D eigenvalue weighted by atomic mass is 10.3. The minimum absolute atomic E-state index is 0.280. The molecule has 0 rings (SSSR count). The van der Waals surface area contributed by atoms with E-state index in [9.17, 15) is 4.80 Å². The first-order valence-electron chi connectivity index (χ1n) is 4.94. The number of hydrogen-bond donors (Lipinski definition) is 1. The Morgan fingerprint density at radius 1 is 1.15 bits per heavy atom. The Balaban J connectivity index is 4.67. The van der Waals surface area contributed by atoms with Gasteiger partial charge in [0.2, 0.25) is 8.32 Å². The highest BCUT2D eigenvalue weighted by molar-refractivity contribution is 6.76. The summed E-state index contributed by atoms with van der Waals surface area (Å²) in [5, 5.41) is -0.280. The van der Waals surface area contributed by atoms with E-state index in [0.717, 1.165) is 6.42 Å². The Morgan fingerprint density at radius 3 is 1.62 bits per heavy atom. The predicted octanol–water partition coefficient (Wildman–Crippen LogP) is 2.74. The van der Waals surface area contributed by atoms with Crippen LogP contribution < -0.4 is 0 Å². The summed E-state index contributed by atoms with van der Waals surface area (Å²) in [5.41, 5.74) is 0. The molecule has 1 atom stereocenters. The first-order valence-corrected chi connectivity index (χ1v) is 11.3. The average Bonchev–Trinajstić information content (AvgIpc) is 1.81. The molecule has 0 aliphatic rings. The van der Waals surface area contributed by atoms with Gasteiger partial charge in [-0.1, -0.05) is 6.92 Å². The molecular weight excluding hydrogens is 196 g/mol. The molecule has 0 aromatic carbocycles. The second-order valence-corrected chi connectivity index (χ2v) is 14.0. The van der Waals surface area contributed by atoms with Crippen molar-refractivity contribution in [3.8, 4) is 0 Å². The van der Waals surface area contributed by atoms with Gasteiger partial charge in [0, 0.05) is 0 Å². The summed E-state index contributed by atoms with van der Waals surface area (Å²) >= 11 is 0. The predicted molar refractivity (Wildman–Crippen MR) is 62.8 cm³/mol. The Morgan fingerprint density at radius 2 is 1.54 bits per heavy atom. The van der Waals surface area contributed by atoms with Crippen molar-refractivity contribution in [1.29, 1.82) is 0 Å². The molecule has 1 N–H and O–H groups in total. The Bertz CT molecular complexity index is 169. The van der Waals surface area contributed by atoms with E-state index in [-0.39, 0.29) is 5.22 Å². The summed E-state index contributed by atoms with van der Waals surface area (Å²) in [4.78, 5) is 10.1. The molecule has 0 heterocycles. The third-order valence-corrected chi connectivity index (χ3v) is 6.81. The quantitative estimate of drug-likeness (QED) is 0.738. The molecule has 0 amide bonds. The summed E-state index contributed by atoms with van der Waals surface area (Å²) in [5.74, 6) is 0. The topological polar surface area (TPSA) is 29.5 Å². The van der Waals surface area contributed by atoms with Crippen LogP contribution in [0.3, 0.4) is 0 Å². The SMILES string of the molecule is CC[C@](C)(O[Si](C)(C)C)[Si](C)(C)O. The van der Waals surface area contributed by atoms with E-state index in [1.165, 1.54) is 0 Å². The molecule has 0 aromatic rings. The summed E-state index contributed by atoms with van der Waals surface area (Å²) in [6.45, 7) is 14.6. The van der Waals surface area contributed by atoms with E-state index in [1.54, 1.807) is 0 Å². The van der Waals surface area contributed by atoms with Crippen LogP contribution in [-0.2, 0) is 4.43 Å². The Hall–Kier alpha value is 0.354. The van der Waals surface area contributed by atoms with Gasteiger partial charge in [-0.3, -0.25) is 0 Å². The first kappa shape index (κ1) is 13.4. The smallest absolute Gasteiger partial charge is 0.212 e. The van der Waals surface area contributed by atoms with E-state index < -0.39 is 16.6 Å². The molecule has 0 saturated heterocycles. The van der Waals surface area contributed by atoms with Crippen LogP contribution in [0.15, 0.2) is 0 Å². The molecule has 0 bridgehead atoms. The van der Waals surface area contributed by atoms with E-state index in [2.05, 4.69) is 33.5 Å². The maximum Gasteiger partial charge on any atom is 0.212 e. The molecule has 0 spiro atoms. The van der Waals surface area contributed by atoms with Crippen molar-refractivity contribution in [3.63, 3.8) is 0 Å². The van der Waals surface area contributed by atoms with Gasteiger partial charge in [-0.2, -0.15) is 0 Å². The number of hydrogen-bond acceptors (Lipinski definition) is 2. The van der Waals surface area contributed by atoms with E-state index in [1.807, 2.05) is 13.1 Å². The molecule has 0 aliphatic heterocycles. The van der Waals surface area contributed by atoms with Crippen molar-refractivity contribution in [2.45, 2.75) is 58.2 Å². The van der Waals surface area contributed by atoms with E-state index in [4.69, 9.17) is 4.43 Å². The van der Waals surface area contributed by atoms with Crippen LogP contribution in [0.25, 0.3) is 0 Å². The Kier molecular flexibility index (Phi) is 3.95. The second kappa shape index (κ2) is 3.84. The van der Waals surface area contributed by atoms with Gasteiger partial charge in [-0.25, -0.2) is 0 Å². The van der Waals surface area contributed by atoms with Crippen molar-refractivity contribution in [2.75, 3.05) is 0 Å². The van der Waals surface area contributed by atoms with E-state index in [0.29, 0.717) is 0 Å². The molecule has 4 heteroatoms. The number of rotatable bonds is 4. The third-order valence-electron chi connectivity index (χ3n) is 2.50. The lowest BCUT2D eigenvalue weighted by Crippen LogP contribution is -2.58. The van der Waals surface area contributed by atoms with Crippen LogP contribution in [0.1, 0.15) is 20.3 Å². The molecule has 0 fully saturated rings. The summed E-state index contributed by atoms with van der Waals surface area (Å²) in [6, 6.07) is 0. The highest BCUT2D eigenvalue weighted by atomic mass is 28.4. The molecule has 13 heavy (non-hydrogen) atoms. The lowest BCUT2D eigenvalue weighted by Gasteiger charge is -2.42. The fraction of sp³-hybridized carbons (Fsp3) is 1.00. The van der Waals surface area contributed by atoms with Crippen LogP contribution >= 0.6 is 0 Å². The minimum atomic E-state index is -2.21. The van der Waals surface area contributed by atoms with Crippen molar-refractivity contribution in [2.24, 2.45) is 0 Å². The van der Waals surface area contributed by atoms with Gasteiger partial charge in [0.05, 0.1) is 5.22 Å². The normalized spacial score (nSPS) is 18.5. The highest BCUT2D eigenvalue weighted by Gasteiger charge is 2.44. The minimum Gasteiger partial charge on any atom is -0.429 e. The van der Waals surface area contributed by atoms with Gasteiger partial charge >= 0.3 is 0 Å². The molecule has 2 nitrogen and oxygen atoms in total. The first-order chi connectivity index (χ1) is 5.52. The van der Waals surface area contributed by atoms with Crippen LogP contribution in [0.2, 0.25) is 32.7 Å². The van der Waals surface area contributed by atoms with Gasteiger partial charge in [-0.15, -0.1) is 0 Å². The maximum atomic E-state index is 10.1. The summed E-state index contributed by atoms with van der Waals surface area (Å²) in [6.07, 6.45) is 0.896. The fourth-order valence-electron chi connectivity index (χ4n) is 1.31. The molecule has 0 aromatic heterocycles. The largest absolute Gasteiger partial charge is 0.429 e. The van der Waals surface area contributed by atoms with Crippen molar-refractivity contribution in [1.82, 2.24) is 0 Å². The monoisotopic (exact) mass is 220 g/mol. The lowest BCUT2D eigenvalue weighted by molar-refractivity contribution is 0.132. The summed E-state index contributed by atoms with van der Waals surface area (Å²) in [7, 11) is -3.76. The van der Waals surface area contributed by atoms with Gasteiger partial charge in [0.15, 0.2) is 8.32 Å². The van der Waals surface area contributed by atoms with Gasteiger partial charge in [0.1, 0.15) is 0 Å². The van der Waals surface area contributed by atoms with Crippen molar-refractivity contribution in [3.05, 3.63) is 0 Å². The van der Waals surface area contributed by atoms with Gasteiger partial charge < -0.3 is 9.22 Å². The van der Waals surface area contributed by atoms with Crippen LogP contribution in [0.4, 0.5) is 0 Å². The zero-order chi connectivity index (χ0) is 10.9. The second-order valence-electron chi connectivity index (χ2n) is 5.36. The Labute approximate surface area is 84.6 Å².